The summed E-state index contributed by atoms with van der Waals surface area (Å²) in [5.74, 6) is -1.82. The van der Waals surface area contributed by atoms with E-state index < -0.39 is 12.0 Å². The molecule has 0 aliphatic rings. The summed E-state index contributed by atoms with van der Waals surface area (Å²) in [7, 11) is 0. The Morgan fingerprint density at radius 2 is 2.05 bits per heavy atom. The van der Waals surface area contributed by atoms with Crippen LogP contribution in [0.5, 0.6) is 0 Å². The van der Waals surface area contributed by atoms with E-state index in [4.69, 9.17) is 0 Å². The van der Waals surface area contributed by atoms with Crippen molar-refractivity contribution in [2.24, 2.45) is 0 Å². The Bertz CT molecular complexity index is 472. The smallest absolute Gasteiger partial charge is 0.318 e. The number of alkyl halides is 3. The van der Waals surface area contributed by atoms with E-state index in [0.29, 0.717) is 12.1 Å². The molecular weight excluding hydrogens is 255 g/mol. The molecule has 1 aromatic heterocycles. The molecule has 0 N–H and O–H groups in total. The van der Waals surface area contributed by atoms with Gasteiger partial charge in [0.1, 0.15) is 0 Å². The lowest BCUT2D eigenvalue weighted by molar-refractivity contribution is -0.0889. The number of unbranched alkanes of at least 4 members (excludes halogenated alkanes) is 2. The van der Waals surface area contributed by atoms with Gasteiger partial charge in [0.15, 0.2) is 0 Å². The van der Waals surface area contributed by atoms with Gasteiger partial charge in [0.25, 0.3) is 5.78 Å². The van der Waals surface area contributed by atoms with E-state index in [-0.39, 0.29) is 5.69 Å². The van der Waals surface area contributed by atoms with Crippen molar-refractivity contribution in [3.63, 3.8) is 0 Å². The van der Waals surface area contributed by atoms with E-state index in [1.807, 2.05) is 0 Å². The van der Waals surface area contributed by atoms with Crippen molar-refractivity contribution < 1.29 is 18.0 Å². The molecule has 0 fully saturated rings. The highest BCUT2D eigenvalue weighted by Gasteiger charge is 2.41. The second kappa shape index (κ2) is 6.08. The summed E-state index contributed by atoms with van der Waals surface area (Å²) in [5, 5.41) is 0. The highest BCUT2D eigenvalue weighted by molar-refractivity contribution is 6.00. The van der Waals surface area contributed by atoms with Crippen LogP contribution in [0.15, 0.2) is 12.6 Å². The Hall–Kier alpha value is -1.52. The van der Waals surface area contributed by atoms with Crippen molar-refractivity contribution in [3.8, 4) is 0 Å². The largest absolute Gasteiger partial charge is 0.456 e. The van der Waals surface area contributed by atoms with E-state index in [1.165, 1.54) is 16.8 Å². The zero-order valence-corrected chi connectivity index (χ0v) is 11.2. The molecule has 0 bridgehead atoms. The van der Waals surface area contributed by atoms with E-state index >= 15 is 0 Å². The van der Waals surface area contributed by atoms with Crippen molar-refractivity contribution in [3.05, 3.63) is 29.6 Å². The molecule has 0 atom stereocenters. The molecule has 0 amide bonds. The van der Waals surface area contributed by atoms with Gasteiger partial charge in [-0.15, -0.1) is 0 Å². The zero-order chi connectivity index (χ0) is 14.6. The first-order valence-electron chi connectivity index (χ1n) is 6.27. The Morgan fingerprint density at radius 3 is 2.53 bits per heavy atom. The molecule has 0 unspecified atom stereocenters. The maximum Gasteiger partial charge on any atom is 0.456 e. The van der Waals surface area contributed by atoms with Crippen LogP contribution in [0.2, 0.25) is 0 Å². The zero-order valence-electron chi connectivity index (χ0n) is 11.2. The molecule has 1 aromatic rings. The maximum absolute atomic E-state index is 12.5. The van der Waals surface area contributed by atoms with Gasteiger partial charge in [-0.3, -0.25) is 4.79 Å². The SMILES string of the molecule is C=Cn1c(C(=O)C(F)(F)F)cc(CCCCC)c1C. The summed E-state index contributed by atoms with van der Waals surface area (Å²) in [6.07, 6.45) is 0.0253. The fraction of sp³-hybridized carbons (Fsp3) is 0.500. The summed E-state index contributed by atoms with van der Waals surface area (Å²) < 4.78 is 38.7. The predicted octanol–water partition coefficient (Wildman–Crippen LogP) is 4.37. The van der Waals surface area contributed by atoms with Gasteiger partial charge in [-0.2, -0.15) is 13.2 Å². The fourth-order valence-electron chi connectivity index (χ4n) is 2.05. The lowest BCUT2D eigenvalue weighted by Crippen LogP contribution is -2.24. The highest BCUT2D eigenvalue weighted by Crippen LogP contribution is 2.26. The lowest BCUT2D eigenvalue weighted by atomic mass is 10.1. The molecule has 0 aliphatic heterocycles. The molecule has 0 spiro atoms. The first-order chi connectivity index (χ1) is 8.82. The molecular formula is C14H18F3NO. The first-order valence-corrected chi connectivity index (χ1v) is 6.27. The normalized spacial score (nSPS) is 11.6. The Balaban J connectivity index is 3.09. The number of ketones is 1. The Labute approximate surface area is 110 Å². The van der Waals surface area contributed by atoms with Crippen molar-refractivity contribution >= 4 is 12.0 Å². The molecule has 106 valence electrons. The molecule has 5 heteroatoms. The van der Waals surface area contributed by atoms with Gasteiger partial charge in [0.05, 0.1) is 5.69 Å². The van der Waals surface area contributed by atoms with Crippen LogP contribution in [0.3, 0.4) is 0 Å². The average Bonchev–Trinajstić information content (AvgIpc) is 2.64. The van der Waals surface area contributed by atoms with E-state index in [9.17, 15) is 18.0 Å². The van der Waals surface area contributed by atoms with Gasteiger partial charge >= 0.3 is 6.18 Å². The van der Waals surface area contributed by atoms with Gasteiger partial charge in [0, 0.05) is 11.9 Å². The predicted molar refractivity (Wildman–Crippen MR) is 69.2 cm³/mol. The third-order valence-corrected chi connectivity index (χ3v) is 3.12. The number of nitrogens with zero attached hydrogens (tertiary/aromatic N) is 1. The van der Waals surface area contributed by atoms with Gasteiger partial charge in [-0.1, -0.05) is 26.3 Å². The lowest BCUT2D eigenvalue weighted by Gasteiger charge is -2.07. The second-order valence-electron chi connectivity index (χ2n) is 4.48. The van der Waals surface area contributed by atoms with Gasteiger partial charge in [0.2, 0.25) is 0 Å². The number of Topliss-reactive ketones (excluding diaryl/α,β-unsaturated/α-hetero) is 1. The maximum atomic E-state index is 12.5. The molecule has 0 saturated heterocycles. The molecule has 1 rings (SSSR count). The Kier molecular flexibility index (Phi) is 4.97. The van der Waals surface area contributed by atoms with Crippen LogP contribution in [0.1, 0.15) is 47.9 Å². The standard InChI is InChI=1S/C14H18F3NO/c1-4-6-7-8-11-9-12(13(19)14(15,16)17)18(5-2)10(11)3/h5,9H,2,4,6-8H2,1,3H3. The van der Waals surface area contributed by atoms with Crippen LogP contribution in [0, 0.1) is 6.92 Å². The van der Waals surface area contributed by atoms with E-state index in [0.717, 1.165) is 24.8 Å². The van der Waals surface area contributed by atoms with Crippen molar-refractivity contribution in [1.82, 2.24) is 4.57 Å². The van der Waals surface area contributed by atoms with Crippen LogP contribution in [-0.4, -0.2) is 16.5 Å². The molecule has 0 aliphatic carbocycles. The summed E-state index contributed by atoms with van der Waals surface area (Å²) in [6.45, 7) is 7.23. The number of carbonyl (C=O) groups is 1. The average molecular weight is 273 g/mol. The number of aryl methyl sites for hydroxylation is 1. The number of rotatable bonds is 6. The van der Waals surface area contributed by atoms with Crippen molar-refractivity contribution in [2.75, 3.05) is 0 Å². The van der Waals surface area contributed by atoms with Crippen molar-refractivity contribution in [2.45, 2.75) is 45.7 Å². The number of carbonyl (C=O) groups excluding carboxylic acids is 1. The fourth-order valence-corrected chi connectivity index (χ4v) is 2.05. The van der Waals surface area contributed by atoms with E-state index in [1.54, 1.807) is 6.92 Å². The minimum Gasteiger partial charge on any atom is -0.318 e. The highest BCUT2D eigenvalue weighted by atomic mass is 19.4. The third kappa shape index (κ3) is 3.49. The molecule has 0 aromatic carbocycles. The second-order valence-corrected chi connectivity index (χ2v) is 4.48. The quantitative estimate of drug-likeness (QED) is 0.557. The molecule has 0 saturated carbocycles. The summed E-state index contributed by atoms with van der Waals surface area (Å²) in [5.41, 5.74) is 1.08. The summed E-state index contributed by atoms with van der Waals surface area (Å²) in [6, 6.07) is 1.34. The monoisotopic (exact) mass is 273 g/mol. The van der Waals surface area contributed by atoms with Crippen molar-refractivity contribution in [1.29, 1.82) is 0 Å². The van der Waals surface area contributed by atoms with Crippen LogP contribution in [0.25, 0.3) is 6.20 Å². The summed E-state index contributed by atoms with van der Waals surface area (Å²) >= 11 is 0. The van der Waals surface area contributed by atoms with Gasteiger partial charge in [-0.25, -0.2) is 0 Å². The summed E-state index contributed by atoms with van der Waals surface area (Å²) in [4.78, 5) is 11.3. The molecule has 19 heavy (non-hydrogen) atoms. The van der Waals surface area contributed by atoms with Crippen LogP contribution in [0.4, 0.5) is 13.2 Å². The molecule has 1 heterocycles. The minimum absolute atomic E-state index is 0.355. The topological polar surface area (TPSA) is 22.0 Å². The first kappa shape index (κ1) is 15.5. The van der Waals surface area contributed by atoms with Crippen LogP contribution >= 0.6 is 0 Å². The van der Waals surface area contributed by atoms with Crippen LogP contribution < -0.4 is 0 Å². The number of hydrogen-bond acceptors (Lipinski definition) is 1. The molecule has 0 radical (unpaired) electrons. The third-order valence-electron chi connectivity index (χ3n) is 3.12. The Morgan fingerprint density at radius 1 is 1.42 bits per heavy atom. The number of halogens is 3. The van der Waals surface area contributed by atoms with Gasteiger partial charge in [-0.05, 0) is 31.4 Å². The number of hydrogen-bond donors (Lipinski definition) is 0. The van der Waals surface area contributed by atoms with E-state index in [2.05, 4.69) is 13.5 Å². The minimum atomic E-state index is -4.85. The van der Waals surface area contributed by atoms with Gasteiger partial charge < -0.3 is 4.57 Å². The van der Waals surface area contributed by atoms with Crippen LogP contribution in [-0.2, 0) is 6.42 Å². The molecule has 2 nitrogen and oxygen atoms in total. The number of aromatic nitrogens is 1.